The number of carbonyl (C=O) groups excluding carboxylic acids is 6. The smallest absolute Gasteiger partial charge is 0.457 e. The number of fused-ring (bicyclic) bond motifs is 2. The average Bonchev–Trinajstić information content (AvgIpc) is 0.668. The molecular weight excluding hydrogens is 1820 g/mol. The van der Waals surface area contributed by atoms with Crippen LogP contribution in [0.1, 0.15) is 272 Å². The monoisotopic (exact) mass is 1960 g/mol. The number of nitrogens with zero attached hydrogens (tertiary/aromatic N) is 4. The highest BCUT2D eigenvalue weighted by molar-refractivity contribution is 6.62. The fourth-order valence-corrected chi connectivity index (χ4v) is 31.7. The lowest BCUT2D eigenvalue weighted by atomic mass is 9.79. The fraction of sp³-hybridized carbons (Fsp3) is 0.537. The lowest BCUT2D eigenvalue weighted by molar-refractivity contribution is -0.144. The van der Waals surface area contributed by atoms with Gasteiger partial charge in [0.15, 0.2) is 0 Å². The number of hydrogen-bond acceptors (Lipinski definition) is 22. The van der Waals surface area contributed by atoms with Crippen molar-refractivity contribution >= 4 is 114 Å². The van der Waals surface area contributed by atoms with Gasteiger partial charge in [-0.3, -0.25) is 38.6 Å². The molecule has 30 heteroatoms. The topological polar surface area (TPSA) is 263 Å². The predicted molar refractivity (Wildman–Crippen MR) is 542 cm³/mol. The maximum absolute atomic E-state index is 17.4. The second kappa shape index (κ2) is 43.9. The van der Waals surface area contributed by atoms with Crippen LogP contribution in [0.2, 0.25) is 24.2 Å². The molecule has 0 spiro atoms. The van der Waals surface area contributed by atoms with E-state index < -0.39 is 70.9 Å². The van der Waals surface area contributed by atoms with Crippen LogP contribution in [0.5, 0.6) is 46.0 Å². The van der Waals surface area contributed by atoms with Gasteiger partial charge >= 0.3 is 35.2 Å². The molecule has 15 rings (SSSR count). The summed E-state index contributed by atoms with van der Waals surface area (Å²) in [5.74, 6) is -1.05. The molecule has 9 aromatic rings. The number of ether oxygens (including phenoxy) is 4. The number of rotatable bonds is 42. The van der Waals surface area contributed by atoms with Gasteiger partial charge in [-0.25, -0.2) is 0 Å². The van der Waals surface area contributed by atoms with Crippen molar-refractivity contribution in [1.29, 1.82) is 0 Å². The first-order chi connectivity index (χ1) is 66.4. The maximum Gasteiger partial charge on any atom is 0.500 e. The van der Waals surface area contributed by atoms with Crippen molar-refractivity contribution in [1.82, 2.24) is 19.6 Å². The van der Waals surface area contributed by atoms with Crippen molar-refractivity contribution in [3.8, 4) is 46.0 Å². The Labute approximate surface area is 819 Å². The van der Waals surface area contributed by atoms with Crippen LogP contribution in [-0.2, 0) is 62.7 Å². The van der Waals surface area contributed by atoms with E-state index in [9.17, 15) is 0 Å². The van der Waals surface area contributed by atoms with Crippen LogP contribution in [-0.4, -0.2) is 212 Å². The summed E-state index contributed by atoms with van der Waals surface area (Å²) in [5.41, 5.74) is 4.34. The minimum Gasteiger partial charge on any atom is -0.457 e. The third-order valence-electron chi connectivity index (χ3n) is 31.0. The summed E-state index contributed by atoms with van der Waals surface area (Å²) in [6, 6.07) is 35.9. The molecule has 0 aromatic heterocycles. The van der Waals surface area contributed by atoms with E-state index in [1.807, 2.05) is 121 Å². The Morgan fingerprint density at radius 2 is 0.493 bits per heavy atom. The molecule has 744 valence electrons. The minimum atomic E-state index is -3.16. The van der Waals surface area contributed by atoms with E-state index in [2.05, 4.69) is 55.4 Å². The number of amides is 6. The Balaban J connectivity index is 1.00. The van der Waals surface area contributed by atoms with E-state index in [0.717, 1.165) is 73.6 Å². The molecule has 10 atom stereocenters. The quantitative estimate of drug-likeness (QED) is 0.0149. The summed E-state index contributed by atoms with van der Waals surface area (Å²) in [6.07, 6.45) is 11.6. The zero-order chi connectivity index (χ0) is 98.7. The number of benzene rings is 9. The van der Waals surface area contributed by atoms with Crippen LogP contribution in [0.25, 0.3) is 43.1 Å². The normalized spacial score (nSPS) is 20.7. The van der Waals surface area contributed by atoms with Gasteiger partial charge < -0.3 is 81.9 Å². The molecule has 6 amide bonds. The van der Waals surface area contributed by atoms with Gasteiger partial charge in [0.05, 0.1) is 22.3 Å². The molecule has 26 nitrogen and oxygen atoms in total. The van der Waals surface area contributed by atoms with Gasteiger partial charge in [-0.2, -0.15) is 0 Å². The summed E-state index contributed by atoms with van der Waals surface area (Å²) in [6.45, 7) is 20.6. The molecule has 138 heavy (non-hydrogen) atoms. The van der Waals surface area contributed by atoms with Gasteiger partial charge in [-0.1, -0.05) is 169 Å². The highest BCUT2D eigenvalue weighted by Gasteiger charge is 2.54. The maximum atomic E-state index is 17.4. The summed E-state index contributed by atoms with van der Waals surface area (Å²) in [7, 11) is 6.82. The Hall–Kier alpha value is -8.91. The second-order valence-electron chi connectivity index (χ2n) is 40.0. The third kappa shape index (κ3) is 20.4. The van der Waals surface area contributed by atoms with Gasteiger partial charge in [0.1, 0.15) is 58.1 Å². The molecule has 0 N–H and O–H groups in total. The first-order valence-corrected chi connectivity index (χ1v) is 57.6. The van der Waals surface area contributed by atoms with Gasteiger partial charge in [-0.05, 0) is 207 Å². The summed E-state index contributed by atoms with van der Waals surface area (Å²) in [5, 5.41) is 2.36. The van der Waals surface area contributed by atoms with E-state index in [1.165, 1.54) is 9.80 Å². The molecule has 6 aliphatic rings. The van der Waals surface area contributed by atoms with Gasteiger partial charge in [0, 0.05) is 177 Å². The molecule has 2 aliphatic heterocycles. The average molecular weight is 1960 g/mol. The molecule has 9 aromatic carbocycles. The molecule has 10 unspecified atom stereocenters. The lowest BCUT2D eigenvalue weighted by Gasteiger charge is -2.47. The van der Waals surface area contributed by atoms with Crippen molar-refractivity contribution < 1.29 is 101 Å². The van der Waals surface area contributed by atoms with Crippen molar-refractivity contribution in [3.05, 3.63) is 166 Å². The number of carbonyl (C=O) groups is 6. The van der Waals surface area contributed by atoms with Crippen molar-refractivity contribution in [2.45, 2.75) is 269 Å². The van der Waals surface area contributed by atoms with Crippen molar-refractivity contribution in [2.75, 3.05) is 85.3 Å². The zero-order valence-corrected chi connectivity index (χ0v) is 89.0. The molecule has 0 saturated heterocycles. The van der Waals surface area contributed by atoms with Gasteiger partial charge in [0.2, 0.25) is 11.8 Å². The van der Waals surface area contributed by atoms with Crippen LogP contribution in [0.15, 0.2) is 121 Å². The number of imide groups is 2. The summed E-state index contributed by atoms with van der Waals surface area (Å²) < 4.78 is 103. The molecule has 2 heterocycles. The molecule has 4 saturated carbocycles. The Morgan fingerprint density at radius 3 is 0.667 bits per heavy atom. The SMILES string of the molecule is CCC(C(=O)N(C1CCCC(C[Si](OC)(OC)OC)C1)C1CCCC(C[Si](OC)(OC)OC)C1)N1C(=O)c2cc(Oc3ccc(C(C)C)cc3)c3c4c(Oc5ccc(C(C)C)cc5)cc5c6c(cc(Oc7ccc(C(C)C)cc7)c(c7c(Oc8ccc(C(C)C)cc8)cc(c2c37)C1=O)c64)C(=O)N(C(CC)C(=O)N(C1CCCC(C[Si](OC)(OC)OC)C1)C1CCCC(C[Si](OC)(OC)OC)C1)C5=O. The zero-order valence-electron chi connectivity index (χ0n) is 85.0. The summed E-state index contributed by atoms with van der Waals surface area (Å²) >= 11 is 0. The van der Waals surface area contributed by atoms with Crippen LogP contribution >= 0.6 is 0 Å². The van der Waals surface area contributed by atoms with E-state index >= 15 is 28.8 Å². The van der Waals surface area contributed by atoms with Crippen LogP contribution in [0, 0.1) is 23.7 Å². The minimum absolute atomic E-state index is 0.0276. The Bertz CT molecular complexity index is 5120. The molecule has 4 aliphatic carbocycles. The first kappa shape index (κ1) is 103. The van der Waals surface area contributed by atoms with Crippen LogP contribution in [0.3, 0.4) is 0 Å². The molecule has 0 bridgehead atoms. The van der Waals surface area contributed by atoms with Crippen molar-refractivity contribution in [2.24, 2.45) is 23.7 Å². The van der Waals surface area contributed by atoms with E-state index in [1.54, 1.807) is 110 Å². The van der Waals surface area contributed by atoms with Crippen LogP contribution in [0.4, 0.5) is 0 Å². The summed E-state index contributed by atoms with van der Waals surface area (Å²) in [4.78, 5) is 111. The fourth-order valence-electron chi connectivity index (χ4n) is 23.4. The van der Waals surface area contributed by atoms with E-state index in [-0.39, 0.29) is 152 Å². The third-order valence-corrected chi connectivity index (χ3v) is 42.8. The molecular formula is C108H144N4O22Si4. The molecule has 0 radical (unpaired) electrons. The predicted octanol–water partition coefficient (Wildman–Crippen LogP) is 23.6. The number of hydrogen-bond donors (Lipinski definition) is 0. The highest BCUT2D eigenvalue weighted by atomic mass is 28.4. The second-order valence-corrected chi connectivity index (χ2v) is 52.0. The standard InChI is InChI=1S/C108H144N4O22Si4/c1-23-89(107(117)109(77-33-25-29-69(53-77)61-135(119-11,120-12)121-13)78-34-26-30-70(54-78)62-136(122-14,123-15)124-16)111-103(113)85-57-91(131-81-45-37-73(38-46-81)65(3)4)97-99-93(133-83-49-41-75(42-50-83)67(7)8)59-87-96-88(60-94(134-84-51-43-76(44-52-84)68(9)10)100(102(96)99)98-92(58-86(104(111)114)95(85)101(97)98)132-82-47-39-74(40-48-82)66(5)6)106(116)112(105(87)115)90(24-2)108(118)110(79-35-27-31-71(55-79)63-137(125-17,126-18)127-19)80-36-28-32-72(56-80)64-138(128-20,129-21)130-22/h37-52,57-60,65-72,77-80,89-90H,23-36,53-56,61-64H2,1-22H3. The van der Waals surface area contributed by atoms with Crippen molar-refractivity contribution in [3.63, 3.8) is 0 Å². The van der Waals surface area contributed by atoms with Gasteiger partial charge in [0.25, 0.3) is 23.6 Å². The first-order valence-electron chi connectivity index (χ1n) is 49.9. The van der Waals surface area contributed by atoms with E-state index in [4.69, 9.17) is 72.1 Å². The van der Waals surface area contributed by atoms with E-state index in [0.29, 0.717) is 131 Å². The Morgan fingerprint density at radius 1 is 0.297 bits per heavy atom. The van der Waals surface area contributed by atoms with Crippen LogP contribution < -0.4 is 18.9 Å². The Kier molecular flexibility index (Phi) is 32.9. The highest BCUT2D eigenvalue weighted by Crippen LogP contribution is 2.59. The van der Waals surface area contributed by atoms with Gasteiger partial charge in [-0.15, -0.1) is 0 Å². The largest absolute Gasteiger partial charge is 0.500 e. The molecule has 4 fully saturated rings. The lowest BCUT2D eigenvalue weighted by Crippen LogP contribution is -2.60.